The highest BCUT2D eigenvalue weighted by Crippen LogP contribution is 2.23. The minimum atomic E-state index is -0.931. The van der Waals surface area contributed by atoms with Gasteiger partial charge in [0.2, 0.25) is 5.89 Å². The van der Waals surface area contributed by atoms with E-state index in [0.717, 1.165) is 38.3 Å². The van der Waals surface area contributed by atoms with Gasteiger partial charge in [-0.1, -0.05) is 5.10 Å². The van der Waals surface area contributed by atoms with Gasteiger partial charge in [-0.15, -0.1) is 5.10 Å². The van der Waals surface area contributed by atoms with Crippen molar-refractivity contribution in [2.75, 3.05) is 31.1 Å². The monoisotopic (exact) mass is 266 g/mol. The molecular formula is C12H12F2N4O. The molecular weight excluding hydrogens is 254 g/mol. The van der Waals surface area contributed by atoms with Crippen molar-refractivity contribution in [2.24, 2.45) is 0 Å². The molecule has 3 rings (SSSR count). The van der Waals surface area contributed by atoms with E-state index in [2.05, 4.69) is 15.5 Å². The molecule has 1 N–H and O–H groups in total. The highest BCUT2D eigenvalue weighted by atomic mass is 19.2. The van der Waals surface area contributed by atoms with Crippen LogP contribution in [0.2, 0.25) is 0 Å². The van der Waals surface area contributed by atoms with Gasteiger partial charge in [-0.2, -0.15) is 0 Å². The lowest BCUT2D eigenvalue weighted by Gasteiger charge is -2.24. The fourth-order valence-corrected chi connectivity index (χ4v) is 1.95. The number of piperazine rings is 1. The Morgan fingerprint density at radius 3 is 2.63 bits per heavy atom. The molecule has 1 aliphatic rings. The molecule has 0 amide bonds. The summed E-state index contributed by atoms with van der Waals surface area (Å²) in [7, 11) is 0. The van der Waals surface area contributed by atoms with Crippen molar-refractivity contribution in [3.05, 3.63) is 29.8 Å². The second kappa shape index (κ2) is 4.93. The van der Waals surface area contributed by atoms with Gasteiger partial charge in [0.15, 0.2) is 11.6 Å². The van der Waals surface area contributed by atoms with Gasteiger partial charge in [-0.05, 0) is 18.2 Å². The Labute approximate surface area is 108 Å². The summed E-state index contributed by atoms with van der Waals surface area (Å²) in [5.41, 5.74) is 0.368. The van der Waals surface area contributed by atoms with Gasteiger partial charge in [0.05, 0.1) is 0 Å². The van der Waals surface area contributed by atoms with Gasteiger partial charge in [-0.3, -0.25) is 0 Å². The summed E-state index contributed by atoms with van der Waals surface area (Å²) in [5.74, 6) is -1.64. The Kier molecular flexibility index (Phi) is 3.12. The first kappa shape index (κ1) is 12.0. The molecule has 0 atom stereocenters. The first-order valence-corrected chi connectivity index (χ1v) is 5.98. The molecule has 0 radical (unpaired) electrons. The molecule has 0 aliphatic carbocycles. The fraction of sp³-hybridized carbons (Fsp3) is 0.333. The number of nitrogens with zero attached hydrogens (tertiary/aromatic N) is 3. The number of hydrogen-bond acceptors (Lipinski definition) is 5. The zero-order valence-electron chi connectivity index (χ0n) is 10.1. The van der Waals surface area contributed by atoms with Crippen LogP contribution >= 0.6 is 0 Å². The Morgan fingerprint density at radius 1 is 1.11 bits per heavy atom. The van der Waals surface area contributed by atoms with Crippen molar-refractivity contribution >= 4 is 6.01 Å². The van der Waals surface area contributed by atoms with Crippen LogP contribution in [-0.2, 0) is 0 Å². The summed E-state index contributed by atoms with van der Waals surface area (Å²) in [6, 6.07) is 3.90. The topological polar surface area (TPSA) is 54.2 Å². The van der Waals surface area contributed by atoms with Gasteiger partial charge < -0.3 is 14.6 Å². The summed E-state index contributed by atoms with van der Waals surface area (Å²) in [4.78, 5) is 1.95. The Morgan fingerprint density at radius 2 is 1.89 bits per heavy atom. The Balaban J connectivity index is 1.85. The van der Waals surface area contributed by atoms with E-state index in [-0.39, 0.29) is 5.89 Å². The molecule has 7 heteroatoms. The van der Waals surface area contributed by atoms with Gasteiger partial charge in [0.1, 0.15) is 0 Å². The summed E-state index contributed by atoms with van der Waals surface area (Å²) in [5, 5.41) is 11.0. The van der Waals surface area contributed by atoms with Crippen LogP contribution in [0.5, 0.6) is 0 Å². The van der Waals surface area contributed by atoms with E-state index >= 15 is 0 Å². The second-order valence-corrected chi connectivity index (χ2v) is 4.26. The quantitative estimate of drug-likeness (QED) is 0.891. The third-order valence-corrected chi connectivity index (χ3v) is 2.97. The van der Waals surface area contributed by atoms with E-state index in [4.69, 9.17) is 4.42 Å². The number of nitrogens with one attached hydrogen (secondary N) is 1. The summed E-state index contributed by atoms with van der Waals surface area (Å²) < 4.78 is 31.5. The van der Waals surface area contributed by atoms with Gasteiger partial charge in [0, 0.05) is 31.7 Å². The zero-order valence-corrected chi connectivity index (χ0v) is 10.1. The average molecular weight is 266 g/mol. The lowest BCUT2D eigenvalue weighted by Crippen LogP contribution is -2.43. The molecule has 0 unspecified atom stereocenters. The van der Waals surface area contributed by atoms with Crippen molar-refractivity contribution < 1.29 is 13.2 Å². The maximum absolute atomic E-state index is 13.1. The largest absolute Gasteiger partial charge is 0.403 e. The van der Waals surface area contributed by atoms with E-state index in [1.807, 2.05) is 4.90 Å². The van der Waals surface area contributed by atoms with Crippen molar-refractivity contribution in [3.63, 3.8) is 0 Å². The lowest BCUT2D eigenvalue weighted by molar-refractivity contribution is 0.500. The van der Waals surface area contributed by atoms with E-state index in [1.165, 1.54) is 6.07 Å². The average Bonchev–Trinajstić information content (AvgIpc) is 2.93. The highest BCUT2D eigenvalue weighted by Gasteiger charge is 2.18. The molecule has 19 heavy (non-hydrogen) atoms. The van der Waals surface area contributed by atoms with Crippen LogP contribution in [0.25, 0.3) is 11.5 Å². The summed E-state index contributed by atoms with van der Waals surface area (Å²) in [6.07, 6.45) is 0. The second-order valence-electron chi connectivity index (χ2n) is 4.26. The molecule has 1 aromatic carbocycles. The highest BCUT2D eigenvalue weighted by molar-refractivity contribution is 5.53. The molecule has 1 fully saturated rings. The predicted molar refractivity (Wildman–Crippen MR) is 64.7 cm³/mol. The smallest absolute Gasteiger partial charge is 0.318 e. The molecule has 1 saturated heterocycles. The van der Waals surface area contributed by atoms with Gasteiger partial charge >= 0.3 is 6.01 Å². The number of rotatable bonds is 2. The molecule has 100 valence electrons. The minimum Gasteiger partial charge on any atom is -0.403 e. The van der Waals surface area contributed by atoms with Crippen molar-refractivity contribution in [1.29, 1.82) is 0 Å². The first-order valence-electron chi connectivity index (χ1n) is 5.98. The van der Waals surface area contributed by atoms with Crippen LogP contribution in [0.15, 0.2) is 22.6 Å². The van der Waals surface area contributed by atoms with E-state index in [0.29, 0.717) is 11.6 Å². The molecule has 0 spiro atoms. The van der Waals surface area contributed by atoms with Crippen LogP contribution in [0, 0.1) is 11.6 Å². The van der Waals surface area contributed by atoms with Crippen LogP contribution in [-0.4, -0.2) is 36.4 Å². The summed E-state index contributed by atoms with van der Waals surface area (Å²) >= 11 is 0. The van der Waals surface area contributed by atoms with Crippen molar-refractivity contribution in [3.8, 4) is 11.5 Å². The Hall–Kier alpha value is -2.02. The predicted octanol–water partition coefficient (Wildman–Crippen LogP) is 1.42. The molecule has 2 heterocycles. The summed E-state index contributed by atoms with van der Waals surface area (Å²) in [6.45, 7) is 3.25. The van der Waals surface area contributed by atoms with Crippen LogP contribution in [0.1, 0.15) is 0 Å². The number of hydrogen-bond donors (Lipinski definition) is 1. The van der Waals surface area contributed by atoms with Crippen LogP contribution < -0.4 is 10.2 Å². The van der Waals surface area contributed by atoms with E-state index < -0.39 is 11.6 Å². The van der Waals surface area contributed by atoms with E-state index in [1.54, 1.807) is 0 Å². The van der Waals surface area contributed by atoms with Crippen molar-refractivity contribution in [1.82, 2.24) is 15.5 Å². The fourth-order valence-electron chi connectivity index (χ4n) is 1.95. The minimum absolute atomic E-state index is 0.187. The molecule has 1 aromatic heterocycles. The molecule has 0 saturated carbocycles. The maximum Gasteiger partial charge on any atom is 0.318 e. The SMILES string of the molecule is Fc1ccc(-c2nnc(N3CCNCC3)o2)cc1F. The van der Waals surface area contributed by atoms with Crippen LogP contribution in [0.3, 0.4) is 0 Å². The Bertz CT molecular complexity index is 581. The third-order valence-electron chi connectivity index (χ3n) is 2.97. The lowest BCUT2D eigenvalue weighted by atomic mass is 10.2. The molecule has 1 aliphatic heterocycles. The van der Waals surface area contributed by atoms with Gasteiger partial charge in [0.25, 0.3) is 0 Å². The number of benzene rings is 1. The first-order chi connectivity index (χ1) is 9.24. The van der Waals surface area contributed by atoms with Crippen molar-refractivity contribution in [2.45, 2.75) is 0 Å². The van der Waals surface area contributed by atoms with E-state index in [9.17, 15) is 8.78 Å². The maximum atomic E-state index is 13.1. The molecule has 2 aromatic rings. The standard InChI is InChI=1S/C12H12F2N4O/c13-9-2-1-8(7-10(9)14)11-16-17-12(19-11)18-5-3-15-4-6-18/h1-2,7,15H,3-6H2. The normalized spacial score (nSPS) is 15.8. The van der Waals surface area contributed by atoms with Crippen LogP contribution in [0.4, 0.5) is 14.8 Å². The molecule has 0 bridgehead atoms. The number of anilines is 1. The number of halogens is 2. The zero-order chi connectivity index (χ0) is 13.2. The third kappa shape index (κ3) is 2.41. The molecule has 5 nitrogen and oxygen atoms in total. The van der Waals surface area contributed by atoms with Gasteiger partial charge in [-0.25, -0.2) is 8.78 Å². The number of aromatic nitrogens is 2.